The van der Waals surface area contributed by atoms with E-state index in [1.807, 2.05) is 0 Å². The van der Waals surface area contributed by atoms with Gasteiger partial charge in [0, 0.05) is 25.2 Å². The highest BCUT2D eigenvalue weighted by atomic mass is 35.5. The number of likely N-dealkylation sites (tertiary alicyclic amines) is 1. The van der Waals surface area contributed by atoms with Crippen molar-refractivity contribution in [1.29, 1.82) is 0 Å². The van der Waals surface area contributed by atoms with Crippen LogP contribution in [0, 0.1) is 0 Å². The van der Waals surface area contributed by atoms with Gasteiger partial charge in [0.25, 0.3) is 0 Å². The zero-order chi connectivity index (χ0) is 12.6. The molecule has 0 spiro atoms. The number of amides is 1. The average Bonchev–Trinajstić information content (AvgIpc) is 3.13. The van der Waals surface area contributed by atoms with Crippen LogP contribution in [0.5, 0.6) is 0 Å². The Hall–Kier alpha value is -0.0300. The fraction of sp³-hybridized carbons (Fsp3) is 0.929. The lowest BCUT2D eigenvalue weighted by molar-refractivity contribution is -0.127. The van der Waals surface area contributed by atoms with Crippen molar-refractivity contribution < 1.29 is 4.79 Å². The van der Waals surface area contributed by atoms with Gasteiger partial charge >= 0.3 is 0 Å². The molecule has 0 aromatic rings. The van der Waals surface area contributed by atoms with Crippen LogP contribution < -0.4 is 11.1 Å². The van der Waals surface area contributed by atoms with Crippen molar-refractivity contribution in [3.8, 4) is 0 Å². The molecule has 3 N–H and O–H groups in total. The minimum atomic E-state index is -0.562. The molecule has 0 bridgehead atoms. The van der Waals surface area contributed by atoms with Crippen LogP contribution in [0.1, 0.15) is 51.4 Å². The molecule has 1 aliphatic heterocycles. The Morgan fingerprint density at radius 1 is 1.05 bits per heavy atom. The van der Waals surface area contributed by atoms with Crippen molar-refractivity contribution in [2.75, 3.05) is 13.1 Å². The lowest BCUT2D eigenvalue weighted by Crippen LogP contribution is -2.56. The Morgan fingerprint density at radius 2 is 1.60 bits per heavy atom. The number of carbonyl (C=O) groups excluding carboxylic acids is 1. The highest BCUT2D eigenvalue weighted by molar-refractivity contribution is 5.86. The monoisotopic (exact) mass is 323 g/mol. The second-order valence-corrected chi connectivity index (χ2v) is 6.38. The van der Waals surface area contributed by atoms with Gasteiger partial charge in [0.2, 0.25) is 5.91 Å². The molecule has 1 amide bonds. The van der Waals surface area contributed by atoms with Crippen molar-refractivity contribution in [2.24, 2.45) is 5.73 Å². The number of hydrogen-bond acceptors (Lipinski definition) is 3. The summed E-state index contributed by atoms with van der Waals surface area (Å²) >= 11 is 0. The van der Waals surface area contributed by atoms with Gasteiger partial charge in [-0.1, -0.05) is 12.8 Å². The quantitative estimate of drug-likeness (QED) is 0.833. The maximum atomic E-state index is 12.2. The molecular weight excluding hydrogens is 297 g/mol. The van der Waals surface area contributed by atoms with E-state index in [0.717, 1.165) is 57.7 Å². The predicted octanol–water partition coefficient (Wildman–Crippen LogP) is 1.84. The van der Waals surface area contributed by atoms with Gasteiger partial charge in [0.1, 0.15) is 0 Å². The molecule has 1 heterocycles. The van der Waals surface area contributed by atoms with Crippen LogP contribution in [0.25, 0.3) is 0 Å². The van der Waals surface area contributed by atoms with E-state index in [-0.39, 0.29) is 30.7 Å². The van der Waals surface area contributed by atoms with Crippen molar-refractivity contribution in [3.05, 3.63) is 0 Å². The van der Waals surface area contributed by atoms with Crippen LogP contribution in [0.15, 0.2) is 0 Å². The lowest BCUT2D eigenvalue weighted by atomic mass is 9.96. The van der Waals surface area contributed by atoms with Crippen LogP contribution in [-0.2, 0) is 4.79 Å². The second-order valence-electron chi connectivity index (χ2n) is 6.38. The first kappa shape index (κ1) is 18.0. The number of nitrogens with one attached hydrogen (secondary N) is 1. The second kappa shape index (κ2) is 7.30. The van der Waals surface area contributed by atoms with Gasteiger partial charge in [-0.2, -0.15) is 0 Å². The first-order chi connectivity index (χ1) is 8.67. The Balaban J connectivity index is 0.000001000. The Bertz CT molecular complexity index is 322. The van der Waals surface area contributed by atoms with E-state index in [2.05, 4.69) is 10.2 Å². The molecule has 0 unspecified atom stereocenters. The van der Waals surface area contributed by atoms with Crippen molar-refractivity contribution in [1.82, 2.24) is 10.2 Å². The third-order valence-corrected chi connectivity index (χ3v) is 4.88. The zero-order valence-corrected chi connectivity index (χ0v) is 13.6. The predicted molar refractivity (Wildman–Crippen MR) is 85.6 cm³/mol. The fourth-order valence-corrected chi connectivity index (χ4v) is 3.41. The molecule has 118 valence electrons. The number of hydrogen-bond donors (Lipinski definition) is 2. The third-order valence-electron chi connectivity index (χ3n) is 4.88. The minimum Gasteiger partial charge on any atom is -0.352 e. The number of rotatable bonds is 3. The number of nitrogens with zero attached hydrogens (tertiary/aromatic N) is 1. The van der Waals surface area contributed by atoms with Crippen LogP contribution in [0.3, 0.4) is 0 Å². The standard InChI is InChI=1S/C14H25N3O.2ClH/c15-14(7-1-2-8-14)13(18)16-11-5-9-17(10-6-11)12-3-4-12;;/h11-12H,1-10,15H2,(H,16,18);2*1H. The van der Waals surface area contributed by atoms with Crippen LogP contribution >= 0.6 is 24.8 Å². The molecule has 4 nitrogen and oxygen atoms in total. The van der Waals surface area contributed by atoms with Gasteiger partial charge in [-0.05, 0) is 38.5 Å². The van der Waals surface area contributed by atoms with Crippen molar-refractivity contribution in [2.45, 2.75) is 69.0 Å². The summed E-state index contributed by atoms with van der Waals surface area (Å²) in [6.07, 6.45) is 8.87. The highest BCUT2D eigenvalue weighted by Gasteiger charge is 2.38. The van der Waals surface area contributed by atoms with E-state index < -0.39 is 5.54 Å². The summed E-state index contributed by atoms with van der Waals surface area (Å²) < 4.78 is 0. The van der Waals surface area contributed by atoms with Gasteiger partial charge in [-0.15, -0.1) is 24.8 Å². The van der Waals surface area contributed by atoms with Crippen LogP contribution in [-0.4, -0.2) is 41.5 Å². The SMILES string of the molecule is Cl.Cl.NC1(C(=O)NC2CCN(C3CC3)CC2)CCCC1. The first-order valence-corrected chi connectivity index (χ1v) is 7.51. The fourth-order valence-electron chi connectivity index (χ4n) is 3.41. The maximum absolute atomic E-state index is 12.2. The summed E-state index contributed by atoms with van der Waals surface area (Å²) in [6, 6.07) is 1.21. The Morgan fingerprint density at radius 3 is 2.10 bits per heavy atom. The third kappa shape index (κ3) is 4.00. The molecule has 3 fully saturated rings. The molecule has 3 rings (SSSR count). The summed E-state index contributed by atoms with van der Waals surface area (Å²) in [5.41, 5.74) is 5.62. The molecule has 20 heavy (non-hydrogen) atoms. The molecule has 3 aliphatic rings. The molecule has 1 saturated heterocycles. The highest BCUT2D eigenvalue weighted by Crippen LogP contribution is 2.30. The van der Waals surface area contributed by atoms with E-state index in [1.54, 1.807) is 0 Å². The Kier molecular flexibility index (Phi) is 6.58. The smallest absolute Gasteiger partial charge is 0.240 e. The molecule has 2 saturated carbocycles. The van der Waals surface area contributed by atoms with Gasteiger partial charge in [-0.3, -0.25) is 4.79 Å². The number of nitrogens with two attached hydrogens (primary N) is 1. The van der Waals surface area contributed by atoms with Gasteiger partial charge in [0.15, 0.2) is 0 Å². The largest absolute Gasteiger partial charge is 0.352 e. The van der Waals surface area contributed by atoms with E-state index in [9.17, 15) is 4.79 Å². The summed E-state index contributed by atoms with van der Waals surface area (Å²) in [6.45, 7) is 2.29. The molecule has 0 atom stereocenters. The minimum absolute atomic E-state index is 0. The molecule has 0 radical (unpaired) electrons. The molecule has 6 heteroatoms. The number of halogens is 2. The molecular formula is C14H27Cl2N3O. The molecule has 0 aromatic heterocycles. The summed E-state index contributed by atoms with van der Waals surface area (Å²) in [7, 11) is 0. The normalized spacial score (nSPS) is 26.4. The summed E-state index contributed by atoms with van der Waals surface area (Å²) in [5, 5.41) is 3.19. The zero-order valence-electron chi connectivity index (χ0n) is 12.0. The summed E-state index contributed by atoms with van der Waals surface area (Å²) in [5.74, 6) is 0.102. The van der Waals surface area contributed by atoms with Gasteiger partial charge in [0.05, 0.1) is 5.54 Å². The maximum Gasteiger partial charge on any atom is 0.240 e. The van der Waals surface area contributed by atoms with Gasteiger partial charge in [-0.25, -0.2) is 0 Å². The van der Waals surface area contributed by atoms with E-state index in [4.69, 9.17) is 5.73 Å². The average molecular weight is 324 g/mol. The topological polar surface area (TPSA) is 58.4 Å². The van der Waals surface area contributed by atoms with E-state index >= 15 is 0 Å². The first-order valence-electron chi connectivity index (χ1n) is 7.51. The molecule has 2 aliphatic carbocycles. The lowest BCUT2D eigenvalue weighted by Gasteiger charge is -2.34. The Labute approximate surface area is 134 Å². The van der Waals surface area contributed by atoms with E-state index in [1.165, 1.54) is 12.8 Å². The summed E-state index contributed by atoms with van der Waals surface area (Å²) in [4.78, 5) is 14.8. The van der Waals surface area contributed by atoms with Crippen molar-refractivity contribution >= 4 is 30.7 Å². The number of carbonyl (C=O) groups is 1. The van der Waals surface area contributed by atoms with Crippen molar-refractivity contribution in [3.63, 3.8) is 0 Å². The molecule has 0 aromatic carbocycles. The van der Waals surface area contributed by atoms with Crippen LogP contribution in [0.2, 0.25) is 0 Å². The van der Waals surface area contributed by atoms with Gasteiger partial charge < -0.3 is 16.0 Å². The van der Waals surface area contributed by atoms with E-state index in [0.29, 0.717) is 6.04 Å². The number of piperidine rings is 1. The van der Waals surface area contributed by atoms with Crippen LogP contribution in [0.4, 0.5) is 0 Å².